The number of benzene rings is 1. The zero-order valence-corrected chi connectivity index (χ0v) is 12.8. The van der Waals surface area contributed by atoms with Crippen LogP contribution in [0.2, 0.25) is 0 Å². The molecule has 0 aliphatic heterocycles. The highest BCUT2D eigenvalue weighted by atomic mass is 32.2. The van der Waals surface area contributed by atoms with Crippen LogP contribution in [0.15, 0.2) is 29.2 Å². The average Bonchev–Trinajstić information content (AvgIpc) is 2.39. The molecule has 0 spiro atoms. The number of hydrogen-bond donors (Lipinski definition) is 2. The van der Waals surface area contributed by atoms with Crippen molar-refractivity contribution in [2.24, 2.45) is 5.73 Å². The highest BCUT2D eigenvalue weighted by Gasteiger charge is 2.13. The lowest BCUT2D eigenvalue weighted by molar-refractivity contribution is 0.313. The van der Waals surface area contributed by atoms with Gasteiger partial charge in [0, 0.05) is 13.1 Å². The second-order valence-corrected chi connectivity index (χ2v) is 6.43. The van der Waals surface area contributed by atoms with Gasteiger partial charge in [-0.1, -0.05) is 0 Å². The van der Waals surface area contributed by atoms with Gasteiger partial charge in [-0.2, -0.15) is 0 Å². The molecule has 0 fully saturated rings. The van der Waals surface area contributed by atoms with Crippen molar-refractivity contribution in [1.82, 2.24) is 9.62 Å². The molecular weight excluding hydrogens is 278 g/mol. The highest BCUT2D eigenvalue weighted by Crippen LogP contribution is 2.15. The molecule has 7 heteroatoms. The van der Waals surface area contributed by atoms with E-state index in [0.717, 1.165) is 6.42 Å². The fourth-order valence-electron chi connectivity index (χ4n) is 1.48. The van der Waals surface area contributed by atoms with E-state index in [9.17, 15) is 8.42 Å². The maximum absolute atomic E-state index is 12.0. The van der Waals surface area contributed by atoms with Crippen molar-refractivity contribution < 1.29 is 13.2 Å². The Balaban J connectivity index is 2.57. The summed E-state index contributed by atoms with van der Waals surface area (Å²) >= 11 is 0. The SMILES string of the molecule is CN(C)CCNS(=O)(=O)c1ccc(OCCCN)cc1. The first-order chi connectivity index (χ1) is 9.45. The van der Waals surface area contributed by atoms with Crippen molar-refractivity contribution in [2.75, 3.05) is 40.3 Å². The van der Waals surface area contributed by atoms with Gasteiger partial charge < -0.3 is 15.4 Å². The predicted molar refractivity (Wildman–Crippen MR) is 79.4 cm³/mol. The Bertz CT molecular complexity index is 486. The van der Waals surface area contributed by atoms with Gasteiger partial charge in [-0.05, 0) is 51.3 Å². The molecule has 6 nitrogen and oxygen atoms in total. The molecule has 0 unspecified atom stereocenters. The van der Waals surface area contributed by atoms with Crippen LogP contribution in [0, 0.1) is 0 Å². The fourth-order valence-corrected chi connectivity index (χ4v) is 2.50. The van der Waals surface area contributed by atoms with Crippen molar-refractivity contribution in [3.05, 3.63) is 24.3 Å². The summed E-state index contributed by atoms with van der Waals surface area (Å²) in [5, 5.41) is 0. The Morgan fingerprint density at radius 3 is 2.45 bits per heavy atom. The zero-order valence-electron chi connectivity index (χ0n) is 12.0. The molecule has 114 valence electrons. The Kier molecular flexibility index (Phi) is 6.94. The van der Waals surface area contributed by atoms with E-state index in [1.807, 2.05) is 19.0 Å². The van der Waals surface area contributed by atoms with Gasteiger partial charge in [-0.3, -0.25) is 0 Å². The highest BCUT2D eigenvalue weighted by molar-refractivity contribution is 7.89. The first-order valence-electron chi connectivity index (χ1n) is 6.53. The van der Waals surface area contributed by atoms with Crippen molar-refractivity contribution in [3.8, 4) is 5.75 Å². The molecule has 1 rings (SSSR count). The number of hydrogen-bond acceptors (Lipinski definition) is 5. The average molecular weight is 301 g/mol. The Hall–Kier alpha value is -1.15. The van der Waals surface area contributed by atoms with E-state index in [4.69, 9.17) is 10.5 Å². The topological polar surface area (TPSA) is 84.7 Å². The smallest absolute Gasteiger partial charge is 0.240 e. The number of sulfonamides is 1. The lowest BCUT2D eigenvalue weighted by Gasteiger charge is -2.11. The van der Waals surface area contributed by atoms with Crippen LogP contribution >= 0.6 is 0 Å². The first-order valence-corrected chi connectivity index (χ1v) is 8.01. The fraction of sp³-hybridized carbons (Fsp3) is 0.538. The molecule has 0 aromatic heterocycles. The number of rotatable bonds is 9. The zero-order chi connectivity index (χ0) is 15.0. The molecule has 1 aromatic carbocycles. The van der Waals surface area contributed by atoms with Crippen LogP contribution in [0.25, 0.3) is 0 Å². The summed E-state index contributed by atoms with van der Waals surface area (Å²) in [5.74, 6) is 0.644. The number of nitrogens with two attached hydrogens (primary N) is 1. The van der Waals surface area contributed by atoms with Gasteiger partial charge in [0.25, 0.3) is 0 Å². The molecule has 1 aromatic rings. The van der Waals surface area contributed by atoms with Gasteiger partial charge in [0.1, 0.15) is 5.75 Å². The standard InChI is InChI=1S/C13H23N3O3S/c1-16(2)10-9-15-20(17,18)13-6-4-12(5-7-13)19-11-3-8-14/h4-7,15H,3,8-11,14H2,1-2H3. The molecule has 0 aliphatic carbocycles. The van der Waals surface area contributed by atoms with Crippen LogP contribution in [0.3, 0.4) is 0 Å². The maximum Gasteiger partial charge on any atom is 0.240 e. The minimum Gasteiger partial charge on any atom is -0.494 e. The third-order valence-electron chi connectivity index (χ3n) is 2.60. The van der Waals surface area contributed by atoms with Crippen LogP contribution in [-0.4, -0.2) is 53.7 Å². The molecule has 0 aliphatic rings. The lowest BCUT2D eigenvalue weighted by atomic mass is 10.3. The van der Waals surface area contributed by atoms with Crippen molar-refractivity contribution in [3.63, 3.8) is 0 Å². The summed E-state index contributed by atoms with van der Waals surface area (Å²) in [6, 6.07) is 6.37. The number of nitrogens with one attached hydrogen (secondary N) is 1. The quantitative estimate of drug-likeness (QED) is 0.639. The van der Waals surface area contributed by atoms with Crippen molar-refractivity contribution >= 4 is 10.0 Å². The monoisotopic (exact) mass is 301 g/mol. The van der Waals surface area contributed by atoms with E-state index in [2.05, 4.69) is 4.72 Å². The maximum atomic E-state index is 12.0. The van der Waals surface area contributed by atoms with Gasteiger partial charge in [0.15, 0.2) is 0 Å². The van der Waals surface area contributed by atoms with Crippen molar-refractivity contribution in [1.29, 1.82) is 0 Å². The van der Waals surface area contributed by atoms with Gasteiger partial charge in [0.05, 0.1) is 11.5 Å². The predicted octanol–water partition coefficient (Wildman–Crippen LogP) is 0.254. The summed E-state index contributed by atoms with van der Waals surface area (Å²) < 4.78 is 32.0. The van der Waals surface area contributed by atoms with Crippen LogP contribution in [0.5, 0.6) is 5.75 Å². The molecule has 0 saturated heterocycles. The van der Waals surface area contributed by atoms with E-state index in [1.54, 1.807) is 12.1 Å². The molecule has 20 heavy (non-hydrogen) atoms. The second kappa shape index (κ2) is 8.21. The summed E-state index contributed by atoms with van der Waals surface area (Å²) in [7, 11) is 0.331. The second-order valence-electron chi connectivity index (χ2n) is 4.66. The number of likely N-dealkylation sites (N-methyl/N-ethyl adjacent to an activating group) is 1. The van der Waals surface area contributed by atoms with Gasteiger partial charge in [0.2, 0.25) is 10.0 Å². The van der Waals surface area contributed by atoms with Crippen LogP contribution in [0.4, 0.5) is 0 Å². The summed E-state index contributed by atoms with van der Waals surface area (Å²) in [4.78, 5) is 2.15. The van der Waals surface area contributed by atoms with E-state index in [-0.39, 0.29) is 4.90 Å². The molecule has 3 N–H and O–H groups in total. The Labute approximate surface area is 121 Å². The van der Waals surface area contributed by atoms with Crippen LogP contribution in [0.1, 0.15) is 6.42 Å². The molecule has 0 atom stereocenters. The van der Waals surface area contributed by atoms with Crippen molar-refractivity contribution in [2.45, 2.75) is 11.3 Å². The largest absolute Gasteiger partial charge is 0.494 e. The minimum absolute atomic E-state index is 0.238. The first kappa shape index (κ1) is 16.9. The lowest BCUT2D eigenvalue weighted by Crippen LogP contribution is -2.31. The minimum atomic E-state index is -3.45. The summed E-state index contributed by atoms with van der Waals surface area (Å²) in [6.45, 7) is 2.13. The molecule has 0 saturated carbocycles. The molecule has 0 radical (unpaired) electrons. The summed E-state index contributed by atoms with van der Waals surface area (Å²) in [5.41, 5.74) is 5.37. The van der Waals surface area contributed by atoms with E-state index < -0.39 is 10.0 Å². The van der Waals surface area contributed by atoms with E-state index >= 15 is 0 Å². The third kappa shape index (κ3) is 5.87. The van der Waals surface area contributed by atoms with E-state index in [0.29, 0.717) is 32.0 Å². The Morgan fingerprint density at radius 1 is 1.25 bits per heavy atom. The van der Waals surface area contributed by atoms with Gasteiger partial charge >= 0.3 is 0 Å². The number of nitrogens with zero attached hydrogens (tertiary/aromatic N) is 1. The van der Waals surface area contributed by atoms with Gasteiger partial charge in [-0.25, -0.2) is 13.1 Å². The third-order valence-corrected chi connectivity index (χ3v) is 4.08. The molecule has 0 bridgehead atoms. The molecule has 0 amide bonds. The summed E-state index contributed by atoms with van der Waals surface area (Å²) in [6.07, 6.45) is 0.770. The Morgan fingerprint density at radius 2 is 1.90 bits per heavy atom. The van der Waals surface area contributed by atoms with Gasteiger partial charge in [-0.15, -0.1) is 0 Å². The molecule has 0 heterocycles. The van der Waals surface area contributed by atoms with E-state index in [1.165, 1.54) is 12.1 Å². The molecular formula is C13H23N3O3S. The number of ether oxygens (including phenoxy) is 1. The van der Waals surface area contributed by atoms with Crippen LogP contribution in [-0.2, 0) is 10.0 Å². The normalized spacial score (nSPS) is 11.8. The van der Waals surface area contributed by atoms with Crippen LogP contribution < -0.4 is 15.2 Å².